The monoisotopic (exact) mass is 332 g/mol. The van der Waals surface area contributed by atoms with E-state index in [1.165, 1.54) is 70.6 Å². The van der Waals surface area contributed by atoms with Crippen LogP contribution in [0.5, 0.6) is 0 Å². The molecule has 0 aliphatic rings. The van der Waals surface area contributed by atoms with Crippen LogP contribution in [0, 0.1) is 0 Å². The molecule has 0 spiro atoms. The van der Waals surface area contributed by atoms with Crippen LogP contribution in [0.3, 0.4) is 0 Å². The Morgan fingerprint density at radius 1 is 0.682 bits per heavy atom. The maximum Gasteiger partial charge on any atom is 0.154 e. The SMILES string of the molecule is CCCCCCCCCCCCCCCC(=O)CS(C)(=O)=O. The second-order valence-corrected chi connectivity index (χ2v) is 8.74. The molecule has 0 saturated carbocycles. The summed E-state index contributed by atoms with van der Waals surface area (Å²) in [5.74, 6) is -0.420. The molecule has 0 heterocycles. The minimum absolute atomic E-state index is 0.134. The van der Waals surface area contributed by atoms with Gasteiger partial charge in [-0.3, -0.25) is 4.79 Å². The van der Waals surface area contributed by atoms with E-state index in [0.717, 1.165) is 19.1 Å². The second-order valence-electron chi connectivity index (χ2n) is 6.60. The minimum Gasteiger partial charge on any atom is -0.299 e. The Bertz CT molecular complexity index is 361. The van der Waals surface area contributed by atoms with E-state index < -0.39 is 9.84 Å². The van der Waals surface area contributed by atoms with Crippen molar-refractivity contribution < 1.29 is 13.2 Å². The van der Waals surface area contributed by atoms with Crippen LogP contribution in [-0.4, -0.2) is 26.2 Å². The first kappa shape index (κ1) is 21.6. The van der Waals surface area contributed by atoms with E-state index in [1.54, 1.807) is 0 Å². The molecular formula is C18H36O3S. The Balaban J connectivity index is 3.19. The third-order valence-corrected chi connectivity index (χ3v) is 4.83. The zero-order valence-electron chi connectivity index (χ0n) is 14.7. The van der Waals surface area contributed by atoms with Gasteiger partial charge in [0.2, 0.25) is 0 Å². The molecule has 4 heteroatoms. The lowest BCUT2D eigenvalue weighted by Crippen LogP contribution is -2.13. The quantitative estimate of drug-likeness (QED) is 0.370. The zero-order valence-corrected chi connectivity index (χ0v) is 15.6. The van der Waals surface area contributed by atoms with Gasteiger partial charge in [0.1, 0.15) is 11.5 Å². The summed E-state index contributed by atoms with van der Waals surface area (Å²) in [6.45, 7) is 2.25. The van der Waals surface area contributed by atoms with Gasteiger partial charge in [-0.05, 0) is 6.42 Å². The van der Waals surface area contributed by atoms with Crippen LogP contribution in [0.2, 0.25) is 0 Å². The van der Waals surface area contributed by atoms with Crippen LogP contribution >= 0.6 is 0 Å². The first-order valence-electron chi connectivity index (χ1n) is 9.15. The highest BCUT2D eigenvalue weighted by Crippen LogP contribution is 2.13. The lowest BCUT2D eigenvalue weighted by atomic mass is 10.0. The van der Waals surface area contributed by atoms with Crippen molar-refractivity contribution in [1.29, 1.82) is 0 Å². The molecular weight excluding hydrogens is 296 g/mol. The van der Waals surface area contributed by atoms with Crippen LogP contribution in [0.1, 0.15) is 96.8 Å². The van der Waals surface area contributed by atoms with Gasteiger partial charge in [-0.15, -0.1) is 0 Å². The van der Waals surface area contributed by atoms with E-state index in [0.29, 0.717) is 6.42 Å². The number of carbonyl (C=O) groups excluding carboxylic acids is 1. The average molecular weight is 333 g/mol. The first-order chi connectivity index (χ1) is 10.5. The Morgan fingerprint density at radius 3 is 1.41 bits per heavy atom. The summed E-state index contributed by atoms with van der Waals surface area (Å²) < 4.78 is 21.9. The maximum atomic E-state index is 11.4. The highest BCUT2D eigenvalue weighted by molar-refractivity contribution is 7.91. The van der Waals surface area contributed by atoms with E-state index >= 15 is 0 Å². The van der Waals surface area contributed by atoms with Gasteiger partial charge in [-0.1, -0.05) is 84.0 Å². The summed E-state index contributed by atoms with van der Waals surface area (Å²) in [6.07, 6.45) is 18.1. The van der Waals surface area contributed by atoms with Gasteiger partial charge in [0, 0.05) is 12.7 Å². The highest BCUT2D eigenvalue weighted by atomic mass is 32.2. The van der Waals surface area contributed by atoms with Gasteiger partial charge >= 0.3 is 0 Å². The summed E-state index contributed by atoms with van der Waals surface area (Å²) >= 11 is 0. The van der Waals surface area contributed by atoms with Gasteiger partial charge in [0.15, 0.2) is 9.84 Å². The summed E-state index contributed by atoms with van der Waals surface area (Å²) in [5, 5.41) is 0. The molecule has 0 N–H and O–H groups in total. The van der Waals surface area contributed by atoms with Crippen LogP contribution in [0.25, 0.3) is 0 Å². The summed E-state index contributed by atoms with van der Waals surface area (Å²) in [6, 6.07) is 0. The topological polar surface area (TPSA) is 51.2 Å². The average Bonchev–Trinajstić information content (AvgIpc) is 2.42. The Hall–Kier alpha value is -0.380. The van der Waals surface area contributed by atoms with Crippen molar-refractivity contribution in [3.63, 3.8) is 0 Å². The zero-order chi connectivity index (χ0) is 16.7. The Labute approximate surface area is 138 Å². The van der Waals surface area contributed by atoms with E-state index in [9.17, 15) is 13.2 Å². The number of hydrogen-bond acceptors (Lipinski definition) is 3. The van der Waals surface area contributed by atoms with Crippen molar-refractivity contribution in [2.24, 2.45) is 0 Å². The van der Waals surface area contributed by atoms with E-state index in [4.69, 9.17) is 0 Å². The van der Waals surface area contributed by atoms with E-state index in [1.807, 2.05) is 0 Å². The van der Waals surface area contributed by atoms with Gasteiger partial charge in [-0.2, -0.15) is 0 Å². The Kier molecular flexibility index (Phi) is 14.0. The molecule has 0 aromatic rings. The smallest absolute Gasteiger partial charge is 0.154 e. The molecule has 0 aliphatic heterocycles. The fourth-order valence-corrected chi connectivity index (χ4v) is 3.43. The maximum absolute atomic E-state index is 11.4. The predicted octanol–water partition coefficient (Wildman–Crippen LogP) is 5.08. The molecule has 0 aromatic heterocycles. The highest BCUT2D eigenvalue weighted by Gasteiger charge is 2.09. The fourth-order valence-electron chi connectivity index (χ4n) is 2.70. The third kappa shape index (κ3) is 17.7. The molecule has 0 atom stereocenters. The van der Waals surface area contributed by atoms with E-state index in [2.05, 4.69) is 6.92 Å². The van der Waals surface area contributed by atoms with Crippen molar-refractivity contribution in [2.45, 2.75) is 96.8 Å². The molecule has 3 nitrogen and oxygen atoms in total. The summed E-state index contributed by atoms with van der Waals surface area (Å²) in [7, 11) is -3.14. The first-order valence-corrected chi connectivity index (χ1v) is 11.2. The molecule has 0 amide bonds. The number of sulfone groups is 1. The lowest BCUT2D eigenvalue weighted by molar-refractivity contribution is -0.116. The van der Waals surface area contributed by atoms with Crippen molar-refractivity contribution in [3.8, 4) is 0 Å². The number of unbranched alkanes of at least 4 members (excludes halogenated alkanes) is 12. The summed E-state index contributed by atoms with van der Waals surface area (Å²) in [4.78, 5) is 11.4. The third-order valence-electron chi connectivity index (χ3n) is 3.98. The standard InChI is InChI=1S/C18H36O3S/c1-3-4-5-6-7-8-9-10-11-12-13-14-15-16-18(19)17-22(2,20)21/h3-17H2,1-2H3. The molecule has 0 aliphatic carbocycles. The van der Waals surface area contributed by atoms with Crippen LogP contribution in [0.4, 0.5) is 0 Å². The van der Waals surface area contributed by atoms with Crippen LogP contribution in [-0.2, 0) is 14.6 Å². The van der Waals surface area contributed by atoms with Crippen LogP contribution in [0.15, 0.2) is 0 Å². The molecule has 0 bridgehead atoms. The molecule has 0 radical (unpaired) electrons. The van der Waals surface area contributed by atoms with Crippen molar-refractivity contribution in [1.82, 2.24) is 0 Å². The van der Waals surface area contributed by atoms with Crippen molar-refractivity contribution in [3.05, 3.63) is 0 Å². The normalized spacial score (nSPS) is 11.7. The second kappa shape index (κ2) is 14.2. The van der Waals surface area contributed by atoms with Gasteiger partial charge in [0.25, 0.3) is 0 Å². The number of ketones is 1. The number of carbonyl (C=O) groups is 1. The minimum atomic E-state index is -3.14. The van der Waals surface area contributed by atoms with Crippen molar-refractivity contribution in [2.75, 3.05) is 12.0 Å². The number of Topliss-reactive ketones (excluding diaryl/α,β-unsaturated/α-hetero) is 1. The fraction of sp³-hybridized carbons (Fsp3) is 0.944. The molecule has 0 saturated heterocycles. The summed E-state index contributed by atoms with van der Waals surface area (Å²) in [5.41, 5.74) is 0. The molecule has 132 valence electrons. The largest absolute Gasteiger partial charge is 0.299 e. The van der Waals surface area contributed by atoms with Gasteiger partial charge in [0.05, 0.1) is 0 Å². The van der Waals surface area contributed by atoms with Gasteiger partial charge < -0.3 is 0 Å². The number of rotatable bonds is 16. The molecule has 0 unspecified atom stereocenters. The van der Waals surface area contributed by atoms with Crippen molar-refractivity contribution >= 4 is 15.6 Å². The number of hydrogen-bond donors (Lipinski definition) is 0. The molecule has 0 aromatic carbocycles. The van der Waals surface area contributed by atoms with Crippen LogP contribution < -0.4 is 0 Å². The van der Waals surface area contributed by atoms with Gasteiger partial charge in [-0.25, -0.2) is 8.42 Å². The van der Waals surface area contributed by atoms with E-state index in [-0.39, 0.29) is 11.5 Å². The molecule has 22 heavy (non-hydrogen) atoms. The molecule has 0 rings (SSSR count). The predicted molar refractivity (Wildman–Crippen MR) is 95.0 cm³/mol. The molecule has 0 fully saturated rings. The Morgan fingerprint density at radius 2 is 1.05 bits per heavy atom. The lowest BCUT2D eigenvalue weighted by Gasteiger charge is -2.03.